The fourth-order valence-electron chi connectivity index (χ4n) is 3.73. The molecule has 196 valence electrons. The second-order valence-electron chi connectivity index (χ2n) is 8.27. The Hall–Kier alpha value is -4.25. The number of nitrogens with zero attached hydrogens (tertiary/aromatic N) is 2. The summed E-state index contributed by atoms with van der Waals surface area (Å²) in [6, 6.07) is 19.5. The van der Waals surface area contributed by atoms with Crippen molar-refractivity contribution in [2.75, 3.05) is 13.7 Å². The molecule has 3 N–H and O–H groups in total. The van der Waals surface area contributed by atoms with Gasteiger partial charge in [-0.15, -0.1) is 0 Å². The van der Waals surface area contributed by atoms with E-state index in [9.17, 15) is 19.1 Å². The quantitative estimate of drug-likeness (QED) is 0.253. The molecule has 0 unspecified atom stereocenters. The van der Waals surface area contributed by atoms with Crippen molar-refractivity contribution in [2.45, 2.75) is 12.6 Å². The zero-order valence-electron chi connectivity index (χ0n) is 20.1. The number of aromatic nitrogens is 1. The molecular weight excluding hydrogens is 517 g/mol. The number of carboxylic acids is 1. The Bertz CT molecular complexity index is 1440. The van der Waals surface area contributed by atoms with Crippen LogP contribution in [0.4, 0.5) is 4.39 Å². The Morgan fingerprint density at radius 1 is 1.11 bits per heavy atom. The Balaban J connectivity index is 1.52. The number of carbonyl (C=O) groups excluding carboxylic acids is 1. The summed E-state index contributed by atoms with van der Waals surface area (Å²) in [6.45, 7) is -0.388. The molecule has 1 atom stereocenters. The molecule has 0 radical (unpaired) electrons. The first kappa shape index (κ1) is 26.8. The van der Waals surface area contributed by atoms with Gasteiger partial charge in [0.05, 0.1) is 13.7 Å². The number of benzene rings is 3. The monoisotopic (exact) mass is 539 g/mol. The van der Waals surface area contributed by atoms with Crippen LogP contribution >= 0.6 is 11.6 Å². The number of aliphatic carboxylic acids is 1. The second kappa shape index (κ2) is 11.9. The first-order chi connectivity index (χ1) is 18.2. The molecule has 1 heterocycles. The maximum atomic E-state index is 14.2. The molecule has 3 aromatic carbocycles. The molecule has 0 spiro atoms. The molecule has 38 heavy (non-hydrogen) atoms. The maximum Gasteiger partial charge on any atom is 0.333 e. The Morgan fingerprint density at radius 2 is 1.84 bits per heavy atom. The van der Waals surface area contributed by atoms with Crippen molar-refractivity contribution in [1.29, 1.82) is 0 Å². The maximum absolute atomic E-state index is 14.2. The van der Waals surface area contributed by atoms with Crippen LogP contribution in [0.2, 0.25) is 5.02 Å². The molecule has 11 heteroatoms. The molecule has 0 aliphatic heterocycles. The third-order valence-corrected chi connectivity index (χ3v) is 5.86. The number of carboxylic acid groups (broad SMARTS) is 1. The van der Waals surface area contributed by atoms with Gasteiger partial charge in [-0.3, -0.25) is 10.2 Å². The first-order valence-corrected chi connectivity index (χ1v) is 11.7. The van der Waals surface area contributed by atoms with Crippen molar-refractivity contribution < 1.29 is 33.5 Å². The van der Waals surface area contributed by atoms with E-state index in [-0.39, 0.29) is 12.3 Å². The smallest absolute Gasteiger partial charge is 0.333 e. The van der Waals surface area contributed by atoms with Gasteiger partial charge < -0.3 is 19.5 Å². The third kappa shape index (κ3) is 6.35. The summed E-state index contributed by atoms with van der Waals surface area (Å²) < 4.78 is 24.7. The van der Waals surface area contributed by atoms with Crippen LogP contribution in [0.25, 0.3) is 22.4 Å². The van der Waals surface area contributed by atoms with Crippen molar-refractivity contribution in [2.24, 2.45) is 0 Å². The van der Waals surface area contributed by atoms with Crippen LogP contribution in [0.5, 0.6) is 5.75 Å². The molecule has 1 amide bonds. The van der Waals surface area contributed by atoms with Crippen molar-refractivity contribution in [3.8, 4) is 28.1 Å². The van der Waals surface area contributed by atoms with E-state index in [0.717, 1.165) is 0 Å². The lowest BCUT2D eigenvalue weighted by atomic mass is 10.0. The highest BCUT2D eigenvalue weighted by Gasteiger charge is 2.23. The van der Waals surface area contributed by atoms with Gasteiger partial charge in [0.2, 0.25) is 5.76 Å². The number of para-hydroxylation sites is 1. The minimum Gasteiger partial charge on any atom is -0.496 e. The summed E-state index contributed by atoms with van der Waals surface area (Å²) in [6.07, 6.45) is -1.77. The van der Waals surface area contributed by atoms with Gasteiger partial charge in [0.25, 0.3) is 0 Å². The van der Waals surface area contributed by atoms with Gasteiger partial charge in [-0.05, 0) is 41.5 Å². The predicted molar refractivity (Wildman–Crippen MR) is 137 cm³/mol. The highest BCUT2D eigenvalue weighted by molar-refractivity contribution is 6.30. The van der Waals surface area contributed by atoms with E-state index in [1.807, 2.05) is 0 Å². The van der Waals surface area contributed by atoms with Crippen LogP contribution in [0.15, 0.2) is 77.3 Å². The summed E-state index contributed by atoms with van der Waals surface area (Å²) in [7, 11) is 1.51. The van der Waals surface area contributed by atoms with Crippen LogP contribution in [0.1, 0.15) is 16.1 Å². The topological polar surface area (TPSA) is 125 Å². The van der Waals surface area contributed by atoms with Gasteiger partial charge in [-0.25, -0.2) is 14.2 Å². The number of nitrogens with one attached hydrogen (secondary N) is 1. The number of aliphatic hydroxyl groups is 1. The van der Waals surface area contributed by atoms with Gasteiger partial charge in [-0.1, -0.05) is 53.2 Å². The first-order valence-electron chi connectivity index (χ1n) is 11.4. The number of hydrogen-bond donors (Lipinski definition) is 3. The number of amides is 1. The minimum absolute atomic E-state index is 0.0297. The number of ether oxygens (including phenoxy) is 1. The van der Waals surface area contributed by atoms with E-state index >= 15 is 0 Å². The number of halogens is 2. The predicted octanol–water partition coefficient (Wildman–Crippen LogP) is 4.40. The normalized spacial score (nSPS) is 11.8. The molecule has 9 nitrogen and oxygen atoms in total. The Morgan fingerprint density at radius 3 is 2.55 bits per heavy atom. The lowest BCUT2D eigenvalue weighted by Gasteiger charge is -2.24. The van der Waals surface area contributed by atoms with E-state index in [2.05, 4.69) is 10.6 Å². The van der Waals surface area contributed by atoms with Gasteiger partial charge in [0.1, 0.15) is 17.3 Å². The fourth-order valence-corrected chi connectivity index (χ4v) is 3.90. The van der Waals surface area contributed by atoms with Crippen LogP contribution in [0.3, 0.4) is 0 Å². The lowest BCUT2D eigenvalue weighted by molar-refractivity contribution is -0.148. The van der Waals surface area contributed by atoms with Gasteiger partial charge in [0, 0.05) is 28.8 Å². The van der Waals surface area contributed by atoms with Crippen LogP contribution in [-0.2, 0) is 11.3 Å². The van der Waals surface area contributed by atoms with Crippen molar-refractivity contribution in [3.63, 3.8) is 0 Å². The number of hydrogen-bond acceptors (Lipinski definition) is 7. The van der Waals surface area contributed by atoms with Gasteiger partial charge in [0.15, 0.2) is 6.10 Å². The average molecular weight is 540 g/mol. The summed E-state index contributed by atoms with van der Waals surface area (Å²) in [4.78, 5) is 24.2. The zero-order valence-corrected chi connectivity index (χ0v) is 20.9. The molecule has 4 rings (SSSR count). The van der Waals surface area contributed by atoms with Crippen LogP contribution in [0, 0.1) is 5.82 Å². The summed E-state index contributed by atoms with van der Waals surface area (Å²) in [5.74, 6) is -2.17. The molecule has 0 saturated carbocycles. The molecule has 0 aliphatic rings. The van der Waals surface area contributed by atoms with Crippen molar-refractivity contribution in [1.82, 2.24) is 15.6 Å². The fraction of sp³-hybridized carbons (Fsp3) is 0.148. The third-order valence-electron chi connectivity index (χ3n) is 5.62. The standard InChI is InChI=1S/C27H23ClFN3O6/c1-37-24-5-3-2-4-19(24)22-13-25(38-31-22)26(34)30-32(15-23(33)27(35)36)14-16-6-8-17(9-7-16)20-12-18(28)10-11-21(20)29/h2-13,23,33H,14-15H2,1H3,(H,30,34)(H,35,36)/t23-/m1/s1. The van der Waals surface area contributed by atoms with E-state index < -0.39 is 30.3 Å². The lowest BCUT2D eigenvalue weighted by Crippen LogP contribution is -2.47. The Kier molecular flexibility index (Phi) is 8.37. The van der Waals surface area contributed by atoms with Crippen molar-refractivity contribution in [3.05, 3.63) is 95.0 Å². The van der Waals surface area contributed by atoms with Gasteiger partial charge in [-0.2, -0.15) is 0 Å². The zero-order chi connectivity index (χ0) is 27.2. The average Bonchev–Trinajstić information content (AvgIpc) is 3.41. The molecule has 0 aliphatic carbocycles. The molecular formula is C27H23ClFN3O6. The van der Waals surface area contributed by atoms with E-state index in [1.54, 1.807) is 48.5 Å². The van der Waals surface area contributed by atoms with E-state index in [0.29, 0.717) is 38.7 Å². The summed E-state index contributed by atoms with van der Waals surface area (Å²) >= 11 is 5.99. The number of methoxy groups -OCH3 is 1. The minimum atomic E-state index is -1.77. The molecule has 0 saturated heterocycles. The second-order valence-corrected chi connectivity index (χ2v) is 8.71. The highest BCUT2D eigenvalue weighted by atomic mass is 35.5. The molecule has 0 bridgehead atoms. The molecule has 0 fully saturated rings. The van der Waals surface area contributed by atoms with Crippen LogP contribution < -0.4 is 10.2 Å². The largest absolute Gasteiger partial charge is 0.496 e. The van der Waals surface area contributed by atoms with Crippen molar-refractivity contribution >= 4 is 23.5 Å². The van der Waals surface area contributed by atoms with Crippen LogP contribution in [-0.4, -0.2) is 52.0 Å². The van der Waals surface area contributed by atoms with Gasteiger partial charge >= 0.3 is 11.9 Å². The summed E-state index contributed by atoms with van der Waals surface area (Å²) in [5.41, 5.74) is 5.10. The van der Waals surface area contributed by atoms with E-state index in [1.165, 1.54) is 36.4 Å². The van der Waals surface area contributed by atoms with E-state index in [4.69, 9.17) is 26.0 Å². The number of aliphatic hydroxyl groups excluding tert-OH is 1. The molecule has 1 aromatic heterocycles. The highest BCUT2D eigenvalue weighted by Crippen LogP contribution is 2.29. The summed E-state index contributed by atoms with van der Waals surface area (Å²) in [5, 5.41) is 24.6. The number of hydrazine groups is 1. The number of carbonyl (C=O) groups is 2. The SMILES string of the molecule is COc1ccccc1-c1cc(C(=O)NN(Cc2ccc(-c3cc(Cl)ccc3F)cc2)C[C@@H](O)C(=O)O)on1. The molecule has 4 aromatic rings. The Labute approximate surface area is 222 Å². The number of rotatable bonds is 10.